The number of hydrogen-bond donors (Lipinski definition) is 0. The molecule has 0 aromatic heterocycles. The molecule has 0 radical (unpaired) electrons. The zero-order valence-electron chi connectivity index (χ0n) is 14.5. The Morgan fingerprint density at radius 1 is 1.23 bits per heavy atom. The van der Waals surface area contributed by atoms with Gasteiger partial charge in [0.15, 0.2) is 0 Å². The normalized spacial score (nSPS) is 18.5. The van der Waals surface area contributed by atoms with E-state index >= 15 is 0 Å². The summed E-state index contributed by atoms with van der Waals surface area (Å²) in [6.45, 7) is 11.3. The fraction of sp³-hybridized carbons (Fsp3) is 0.611. The second-order valence-corrected chi connectivity index (χ2v) is 7.10. The maximum absolute atomic E-state index is 12.2. The second kappa shape index (κ2) is 6.19. The molecule has 0 N–H and O–H groups in total. The highest BCUT2D eigenvalue weighted by atomic mass is 16.6. The number of rotatable bonds is 2. The van der Waals surface area contributed by atoms with E-state index in [0.717, 1.165) is 36.4 Å². The van der Waals surface area contributed by atoms with Gasteiger partial charge >= 0.3 is 6.09 Å². The predicted molar refractivity (Wildman–Crippen MR) is 87.6 cm³/mol. The van der Waals surface area contributed by atoms with Gasteiger partial charge in [-0.25, -0.2) is 4.79 Å². The lowest BCUT2D eigenvalue weighted by atomic mass is 9.94. The van der Waals surface area contributed by atoms with E-state index in [1.54, 1.807) is 7.11 Å². The first-order valence-corrected chi connectivity index (χ1v) is 7.84. The van der Waals surface area contributed by atoms with Gasteiger partial charge in [0, 0.05) is 19.0 Å². The van der Waals surface area contributed by atoms with Gasteiger partial charge in [0.05, 0.1) is 7.11 Å². The topological polar surface area (TPSA) is 38.8 Å². The number of aryl methyl sites for hydroxylation is 2. The summed E-state index contributed by atoms with van der Waals surface area (Å²) in [5.74, 6) is 1.32. The Balaban J connectivity index is 2.09. The number of methoxy groups -OCH3 is 1. The summed E-state index contributed by atoms with van der Waals surface area (Å²) in [6, 6.07) is 4.35. The summed E-state index contributed by atoms with van der Waals surface area (Å²) in [4.78, 5) is 14.0. The third kappa shape index (κ3) is 3.73. The standard InChI is InChI=1S/C18H27NO3/c1-12-9-15(10-13(2)16(12)21-6)14-7-8-19(11-14)17(20)22-18(3,4)5/h9-10,14H,7-8,11H2,1-6H3. The first-order valence-electron chi connectivity index (χ1n) is 7.84. The zero-order valence-corrected chi connectivity index (χ0v) is 14.5. The van der Waals surface area contributed by atoms with Crippen LogP contribution >= 0.6 is 0 Å². The summed E-state index contributed by atoms with van der Waals surface area (Å²) in [5, 5.41) is 0. The molecule has 4 heteroatoms. The van der Waals surface area contributed by atoms with Crippen molar-refractivity contribution in [3.05, 3.63) is 28.8 Å². The van der Waals surface area contributed by atoms with Gasteiger partial charge in [-0.3, -0.25) is 0 Å². The lowest BCUT2D eigenvalue weighted by Gasteiger charge is -2.24. The van der Waals surface area contributed by atoms with E-state index < -0.39 is 5.60 Å². The van der Waals surface area contributed by atoms with Crippen molar-refractivity contribution in [1.82, 2.24) is 4.90 Å². The van der Waals surface area contributed by atoms with Crippen LogP contribution in [0.4, 0.5) is 4.79 Å². The minimum absolute atomic E-state index is 0.211. The van der Waals surface area contributed by atoms with Gasteiger partial charge in [0.1, 0.15) is 11.4 Å². The summed E-state index contributed by atoms with van der Waals surface area (Å²) in [6.07, 6.45) is 0.765. The van der Waals surface area contributed by atoms with Crippen LogP contribution in [0.25, 0.3) is 0 Å². The molecule has 0 spiro atoms. The number of benzene rings is 1. The molecule has 1 fully saturated rings. The number of amides is 1. The van der Waals surface area contributed by atoms with Crippen LogP contribution in [0, 0.1) is 13.8 Å². The average molecular weight is 305 g/mol. The third-order valence-electron chi connectivity index (χ3n) is 4.00. The minimum Gasteiger partial charge on any atom is -0.496 e. The van der Waals surface area contributed by atoms with Crippen LogP contribution in [0.2, 0.25) is 0 Å². The van der Waals surface area contributed by atoms with Crippen LogP contribution in [0.5, 0.6) is 5.75 Å². The Labute approximate surface area is 133 Å². The number of hydrogen-bond acceptors (Lipinski definition) is 3. The minimum atomic E-state index is -0.442. The van der Waals surface area contributed by atoms with Gasteiger partial charge in [-0.15, -0.1) is 0 Å². The molecule has 0 aliphatic carbocycles. The maximum Gasteiger partial charge on any atom is 0.410 e. The molecule has 2 rings (SSSR count). The SMILES string of the molecule is COc1c(C)cc(C2CCN(C(=O)OC(C)(C)C)C2)cc1C. The average Bonchev–Trinajstić information content (AvgIpc) is 2.85. The van der Waals surface area contributed by atoms with Gasteiger partial charge in [0.25, 0.3) is 0 Å². The predicted octanol–water partition coefficient (Wildman–Crippen LogP) is 4.04. The molecule has 1 saturated heterocycles. The summed E-state index contributed by atoms with van der Waals surface area (Å²) in [5.41, 5.74) is 3.13. The Morgan fingerprint density at radius 3 is 2.32 bits per heavy atom. The van der Waals surface area contributed by atoms with Crippen LogP contribution in [-0.2, 0) is 4.74 Å². The smallest absolute Gasteiger partial charge is 0.410 e. The molecular formula is C18H27NO3. The van der Waals surface area contributed by atoms with Crippen molar-refractivity contribution in [2.75, 3.05) is 20.2 Å². The molecule has 1 heterocycles. The Morgan fingerprint density at radius 2 is 1.82 bits per heavy atom. The lowest BCUT2D eigenvalue weighted by molar-refractivity contribution is 0.0292. The Bertz CT molecular complexity index is 537. The van der Waals surface area contributed by atoms with Crippen LogP contribution in [-0.4, -0.2) is 36.8 Å². The molecule has 122 valence electrons. The van der Waals surface area contributed by atoms with E-state index in [2.05, 4.69) is 26.0 Å². The fourth-order valence-corrected chi connectivity index (χ4v) is 3.07. The van der Waals surface area contributed by atoms with Gasteiger partial charge < -0.3 is 14.4 Å². The van der Waals surface area contributed by atoms with E-state index in [0.29, 0.717) is 5.92 Å². The van der Waals surface area contributed by atoms with Gasteiger partial charge in [0.2, 0.25) is 0 Å². The summed E-state index contributed by atoms with van der Waals surface area (Å²) >= 11 is 0. The molecular weight excluding hydrogens is 278 g/mol. The summed E-state index contributed by atoms with van der Waals surface area (Å²) < 4.78 is 10.9. The van der Waals surface area contributed by atoms with Crippen molar-refractivity contribution in [2.45, 2.75) is 52.6 Å². The van der Waals surface area contributed by atoms with E-state index in [1.807, 2.05) is 25.7 Å². The molecule has 0 saturated carbocycles. The van der Waals surface area contributed by atoms with Crippen LogP contribution < -0.4 is 4.74 Å². The monoisotopic (exact) mass is 305 g/mol. The highest BCUT2D eigenvalue weighted by Gasteiger charge is 2.30. The van der Waals surface area contributed by atoms with Crippen molar-refractivity contribution in [1.29, 1.82) is 0 Å². The summed E-state index contributed by atoms with van der Waals surface area (Å²) in [7, 11) is 1.70. The largest absolute Gasteiger partial charge is 0.496 e. The molecule has 1 aromatic rings. The van der Waals surface area contributed by atoms with Crippen molar-refractivity contribution in [3.8, 4) is 5.75 Å². The first-order chi connectivity index (χ1) is 10.2. The van der Waals surface area contributed by atoms with Gasteiger partial charge in [-0.1, -0.05) is 12.1 Å². The van der Waals surface area contributed by atoms with Crippen molar-refractivity contribution < 1.29 is 14.3 Å². The molecule has 1 amide bonds. The lowest BCUT2D eigenvalue weighted by Crippen LogP contribution is -2.35. The molecule has 1 atom stereocenters. The fourth-order valence-electron chi connectivity index (χ4n) is 3.07. The first kappa shape index (κ1) is 16.7. The van der Waals surface area contributed by atoms with Gasteiger partial charge in [-0.2, -0.15) is 0 Å². The number of carbonyl (C=O) groups is 1. The van der Waals surface area contributed by atoms with Crippen molar-refractivity contribution in [2.24, 2.45) is 0 Å². The number of ether oxygens (including phenoxy) is 2. The molecule has 1 aliphatic heterocycles. The van der Waals surface area contributed by atoms with E-state index in [-0.39, 0.29) is 6.09 Å². The highest BCUT2D eigenvalue weighted by molar-refractivity contribution is 5.68. The Kier molecular flexibility index (Phi) is 4.69. The van der Waals surface area contributed by atoms with Gasteiger partial charge in [-0.05, 0) is 57.7 Å². The zero-order chi connectivity index (χ0) is 16.5. The molecule has 22 heavy (non-hydrogen) atoms. The van der Waals surface area contributed by atoms with Crippen molar-refractivity contribution >= 4 is 6.09 Å². The van der Waals surface area contributed by atoms with Crippen LogP contribution in [0.3, 0.4) is 0 Å². The second-order valence-electron chi connectivity index (χ2n) is 7.10. The molecule has 4 nitrogen and oxygen atoms in total. The van der Waals surface area contributed by atoms with Crippen LogP contribution in [0.1, 0.15) is 49.8 Å². The molecule has 0 bridgehead atoms. The molecule has 1 aromatic carbocycles. The van der Waals surface area contributed by atoms with E-state index in [4.69, 9.17) is 9.47 Å². The molecule has 1 unspecified atom stereocenters. The maximum atomic E-state index is 12.2. The van der Waals surface area contributed by atoms with Crippen LogP contribution in [0.15, 0.2) is 12.1 Å². The highest BCUT2D eigenvalue weighted by Crippen LogP contribution is 2.33. The van der Waals surface area contributed by atoms with E-state index in [1.165, 1.54) is 5.56 Å². The number of likely N-dealkylation sites (tertiary alicyclic amines) is 1. The quantitative estimate of drug-likeness (QED) is 0.828. The van der Waals surface area contributed by atoms with E-state index in [9.17, 15) is 4.79 Å². The third-order valence-corrected chi connectivity index (χ3v) is 4.00. The Hall–Kier alpha value is -1.71. The number of carbonyl (C=O) groups excluding carboxylic acids is 1. The van der Waals surface area contributed by atoms with Crippen molar-refractivity contribution in [3.63, 3.8) is 0 Å². The molecule has 1 aliphatic rings. The number of nitrogens with zero attached hydrogens (tertiary/aromatic N) is 1.